The molecule has 3 rings (SSSR count). The number of rotatable bonds is 4. The molecule has 1 atom stereocenters. The smallest absolute Gasteiger partial charge is 0.269 e. The quantitative estimate of drug-likeness (QED) is 0.776. The zero-order chi connectivity index (χ0) is 17.3. The summed E-state index contributed by atoms with van der Waals surface area (Å²) in [7, 11) is 0. The van der Waals surface area contributed by atoms with Gasteiger partial charge in [-0.3, -0.25) is 13.5 Å². The Labute approximate surface area is 144 Å². The van der Waals surface area contributed by atoms with E-state index >= 15 is 0 Å². The van der Waals surface area contributed by atoms with Gasteiger partial charge < -0.3 is 5.32 Å². The lowest BCUT2D eigenvalue weighted by atomic mass is 10.1. The van der Waals surface area contributed by atoms with Crippen LogP contribution < -0.4 is 10.9 Å². The van der Waals surface area contributed by atoms with Crippen LogP contribution in [-0.2, 0) is 11.2 Å². The highest BCUT2D eigenvalue weighted by atomic mass is 32.1. The van der Waals surface area contributed by atoms with E-state index in [2.05, 4.69) is 12.2 Å². The molecule has 0 aliphatic rings. The number of hydrogen-bond acceptors (Lipinski definition) is 3. The summed E-state index contributed by atoms with van der Waals surface area (Å²) in [6.07, 6.45) is 0.842. The molecule has 3 aromatic rings. The Morgan fingerprint density at radius 2 is 1.96 bits per heavy atom. The Morgan fingerprint density at radius 3 is 2.67 bits per heavy atom. The van der Waals surface area contributed by atoms with Gasteiger partial charge in [0.1, 0.15) is 6.04 Å². The van der Waals surface area contributed by atoms with Crippen LogP contribution in [0, 0.1) is 6.92 Å². The maximum Gasteiger partial charge on any atom is 0.269 e. The van der Waals surface area contributed by atoms with E-state index in [1.54, 1.807) is 16.9 Å². The first-order valence-electron chi connectivity index (χ1n) is 8.02. The van der Waals surface area contributed by atoms with Gasteiger partial charge in [-0.15, -0.1) is 0 Å². The van der Waals surface area contributed by atoms with Crippen molar-refractivity contribution >= 4 is 33.2 Å². The van der Waals surface area contributed by atoms with Gasteiger partial charge in [0.25, 0.3) is 5.56 Å². The highest BCUT2D eigenvalue weighted by molar-refractivity contribution is 7.14. The average molecular weight is 340 g/mol. The normalized spacial score (nSPS) is 12.3. The average Bonchev–Trinajstić information content (AvgIpc) is 2.93. The molecule has 1 amide bonds. The van der Waals surface area contributed by atoms with Crippen molar-refractivity contribution in [3.63, 3.8) is 0 Å². The molecule has 0 bridgehead atoms. The van der Waals surface area contributed by atoms with Crippen LogP contribution in [0.15, 0.2) is 47.3 Å². The van der Waals surface area contributed by atoms with Gasteiger partial charge in [-0.2, -0.15) is 0 Å². The molecule has 0 fully saturated rings. The SMILES string of the molecule is CCc1cccc(C)c1NC(=O)C(C)n1sc2ccccc2c1=O. The molecular weight excluding hydrogens is 320 g/mol. The van der Waals surface area contributed by atoms with Crippen molar-refractivity contribution in [1.82, 2.24) is 3.96 Å². The van der Waals surface area contributed by atoms with Crippen molar-refractivity contribution in [3.05, 3.63) is 63.9 Å². The second-order valence-corrected chi connectivity index (χ2v) is 6.86. The highest BCUT2D eigenvalue weighted by Gasteiger charge is 2.21. The van der Waals surface area contributed by atoms with Gasteiger partial charge in [0.05, 0.1) is 10.1 Å². The van der Waals surface area contributed by atoms with Gasteiger partial charge in [-0.05, 0) is 43.5 Å². The second-order valence-electron chi connectivity index (χ2n) is 5.85. The maximum atomic E-state index is 12.7. The molecule has 1 aromatic heterocycles. The fourth-order valence-corrected chi connectivity index (χ4v) is 3.82. The Balaban J connectivity index is 1.93. The number of nitrogens with one attached hydrogen (secondary N) is 1. The standard InChI is InChI=1S/C19H20N2O2S/c1-4-14-9-7-8-12(2)17(14)20-18(22)13(3)21-19(23)15-10-5-6-11-16(15)24-21/h5-11,13H,4H2,1-3H3,(H,20,22). The Bertz CT molecular complexity index is 955. The summed E-state index contributed by atoms with van der Waals surface area (Å²) in [6, 6.07) is 12.9. The number of carbonyl (C=O) groups excluding carboxylic acids is 1. The molecule has 4 nitrogen and oxygen atoms in total. The van der Waals surface area contributed by atoms with Crippen molar-refractivity contribution in [3.8, 4) is 0 Å². The summed E-state index contributed by atoms with van der Waals surface area (Å²) in [5.41, 5.74) is 2.86. The van der Waals surface area contributed by atoms with Gasteiger partial charge in [-0.25, -0.2) is 0 Å². The van der Waals surface area contributed by atoms with Crippen molar-refractivity contribution < 1.29 is 4.79 Å². The van der Waals surface area contributed by atoms with Crippen molar-refractivity contribution in [1.29, 1.82) is 0 Å². The molecule has 5 heteroatoms. The molecule has 0 aliphatic carbocycles. The topological polar surface area (TPSA) is 51.1 Å². The van der Waals surface area contributed by atoms with Gasteiger partial charge in [-0.1, -0.05) is 48.8 Å². The number of benzene rings is 2. The van der Waals surface area contributed by atoms with Crippen LogP contribution in [0.1, 0.15) is 31.0 Å². The monoisotopic (exact) mass is 340 g/mol. The summed E-state index contributed by atoms with van der Waals surface area (Å²) >= 11 is 1.33. The summed E-state index contributed by atoms with van der Waals surface area (Å²) in [4.78, 5) is 25.2. The predicted molar refractivity (Wildman–Crippen MR) is 100.0 cm³/mol. The molecule has 1 heterocycles. The number of fused-ring (bicyclic) bond motifs is 1. The van der Waals surface area contributed by atoms with E-state index in [9.17, 15) is 9.59 Å². The molecule has 124 valence electrons. The van der Waals surface area contributed by atoms with E-state index in [1.807, 2.05) is 43.3 Å². The number of nitrogens with zero attached hydrogens (tertiary/aromatic N) is 1. The molecule has 0 aliphatic heterocycles. The summed E-state index contributed by atoms with van der Waals surface area (Å²) in [5, 5.41) is 3.67. The highest BCUT2D eigenvalue weighted by Crippen LogP contribution is 2.24. The minimum Gasteiger partial charge on any atom is -0.324 e. The van der Waals surface area contributed by atoms with E-state index in [0.717, 1.165) is 27.9 Å². The zero-order valence-electron chi connectivity index (χ0n) is 14.0. The Kier molecular flexibility index (Phi) is 4.53. The lowest BCUT2D eigenvalue weighted by molar-refractivity contribution is -0.118. The van der Waals surface area contributed by atoms with Gasteiger partial charge in [0, 0.05) is 5.69 Å². The van der Waals surface area contributed by atoms with Crippen LogP contribution in [0.2, 0.25) is 0 Å². The van der Waals surface area contributed by atoms with E-state index in [-0.39, 0.29) is 11.5 Å². The van der Waals surface area contributed by atoms with E-state index in [1.165, 1.54) is 11.5 Å². The largest absolute Gasteiger partial charge is 0.324 e. The third-order valence-electron chi connectivity index (χ3n) is 4.23. The number of aromatic nitrogens is 1. The third kappa shape index (κ3) is 2.87. The lowest BCUT2D eigenvalue weighted by Gasteiger charge is -2.16. The number of anilines is 1. The van der Waals surface area contributed by atoms with E-state index < -0.39 is 6.04 Å². The fourth-order valence-electron chi connectivity index (χ4n) is 2.78. The first-order chi connectivity index (χ1) is 11.5. The number of amides is 1. The fraction of sp³-hybridized carbons (Fsp3) is 0.263. The number of carbonyl (C=O) groups is 1. The summed E-state index contributed by atoms with van der Waals surface area (Å²) in [6.45, 7) is 5.80. The van der Waals surface area contributed by atoms with Crippen molar-refractivity contribution in [2.24, 2.45) is 0 Å². The first kappa shape index (κ1) is 16.5. The van der Waals surface area contributed by atoms with Crippen LogP contribution >= 0.6 is 11.5 Å². The van der Waals surface area contributed by atoms with Gasteiger partial charge >= 0.3 is 0 Å². The molecule has 1 unspecified atom stereocenters. The second kappa shape index (κ2) is 6.61. The Morgan fingerprint density at radius 1 is 1.21 bits per heavy atom. The van der Waals surface area contributed by atoms with Crippen LogP contribution in [0.4, 0.5) is 5.69 Å². The lowest BCUT2D eigenvalue weighted by Crippen LogP contribution is -2.28. The molecule has 0 saturated heterocycles. The first-order valence-corrected chi connectivity index (χ1v) is 8.80. The van der Waals surface area contributed by atoms with E-state index in [4.69, 9.17) is 0 Å². The minimum atomic E-state index is -0.556. The van der Waals surface area contributed by atoms with Gasteiger partial charge in [0.2, 0.25) is 5.91 Å². The molecule has 1 N–H and O–H groups in total. The molecular formula is C19H20N2O2S. The third-order valence-corrected chi connectivity index (χ3v) is 5.47. The minimum absolute atomic E-state index is 0.112. The number of para-hydroxylation sites is 1. The molecule has 2 aromatic carbocycles. The van der Waals surface area contributed by atoms with Crippen molar-refractivity contribution in [2.75, 3.05) is 5.32 Å². The van der Waals surface area contributed by atoms with Gasteiger partial charge in [0.15, 0.2) is 0 Å². The predicted octanol–water partition coefficient (Wildman–Crippen LogP) is 4.13. The van der Waals surface area contributed by atoms with Crippen LogP contribution in [0.5, 0.6) is 0 Å². The molecule has 0 spiro atoms. The van der Waals surface area contributed by atoms with Crippen LogP contribution in [0.3, 0.4) is 0 Å². The number of hydrogen-bond donors (Lipinski definition) is 1. The molecule has 0 radical (unpaired) electrons. The zero-order valence-corrected chi connectivity index (χ0v) is 14.8. The molecule has 0 saturated carbocycles. The van der Waals surface area contributed by atoms with Crippen LogP contribution in [-0.4, -0.2) is 9.86 Å². The maximum absolute atomic E-state index is 12.7. The van der Waals surface area contributed by atoms with E-state index in [0.29, 0.717) is 5.39 Å². The van der Waals surface area contributed by atoms with Crippen molar-refractivity contribution in [2.45, 2.75) is 33.2 Å². The molecule has 24 heavy (non-hydrogen) atoms. The summed E-state index contributed by atoms with van der Waals surface area (Å²) in [5.74, 6) is -0.173. The Hall–Kier alpha value is -2.40. The number of aryl methyl sites for hydroxylation is 2. The summed E-state index contributed by atoms with van der Waals surface area (Å²) < 4.78 is 2.44. The van der Waals surface area contributed by atoms with Crippen LogP contribution in [0.25, 0.3) is 10.1 Å².